The van der Waals surface area contributed by atoms with Crippen LogP contribution in [0.3, 0.4) is 0 Å². The Balaban J connectivity index is 2.17. The summed E-state index contributed by atoms with van der Waals surface area (Å²) in [5.74, 6) is 0.102. The van der Waals surface area contributed by atoms with Gasteiger partial charge in [0.2, 0.25) is 5.16 Å². The highest BCUT2D eigenvalue weighted by Gasteiger charge is 2.09. The molecule has 3 aromatic rings. The van der Waals surface area contributed by atoms with Crippen molar-refractivity contribution in [2.45, 2.75) is 12.1 Å². The molecule has 0 aliphatic rings. The van der Waals surface area contributed by atoms with E-state index in [4.69, 9.17) is 0 Å². The fourth-order valence-electron chi connectivity index (χ4n) is 2.21. The van der Waals surface area contributed by atoms with Crippen molar-refractivity contribution in [2.24, 2.45) is 5.10 Å². The molecule has 6 nitrogen and oxygen atoms in total. The molecular formula is C16H14N4O2S. The van der Waals surface area contributed by atoms with Gasteiger partial charge in [-0.25, -0.2) is 0 Å². The molecule has 0 bridgehead atoms. The molecule has 1 heterocycles. The van der Waals surface area contributed by atoms with Crippen LogP contribution in [0.1, 0.15) is 11.3 Å². The van der Waals surface area contributed by atoms with E-state index in [-0.39, 0.29) is 17.0 Å². The second-order valence-corrected chi connectivity index (χ2v) is 5.63. The number of phenolic OH excluding ortho intramolecular Hbond substituents is 1. The van der Waals surface area contributed by atoms with Gasteiger partial charge in [-0.3, -0.25) is 4.79 Å². The fourth-order valence-corrected chi connectivity index (χ4v) is 2.63. The minimum absolute atomic E-state index is 0.102. The lowest BCUT2D eigenvalue weighted by molar-refractivity contribution is 0.475. The van der Waals surface area contributed by atoms with Gasteiger partial charge in [0.15, 0.2) is 0 Å². The Morgan fingerprint density at radius 3 is 2.78 bits per heavy atom. The van der Waals surface area contributed by atoms with Crippen LogP contribution in [0, 0.1) is 6.92 Å². The van der Waals surface area contributed by atoms with Crippen LogP contribution >= 0.6 is 11.8 Å². The van der Waals surface area contributed by atoms with E-state index >= 15 is 0 Å². The van der Waals surface area contributed by atoms with Crippen LogP contribution in [0.4, 0.5) is 0 Å². The van der Waals surface area contributed by atoms with E-state index in [0.717, 1.165) is 10.8 Å². The van der Waals surface area contributed by atoms with Crippen LogP contribution in [0.15, 0.2) is 51.5 Å². The third kappa shape index (κ3) is 2.83. The molecule has 0 amide bonds. The molecule has 0 radical (unpaired) electrons. The summed E-state index contributed by atoms with van der Waals surface area (Å²) in [5, 5.41) is 24.3. The Morgan fingerprint density at radius 2 is 2.00 bits per heavy atom. The number of benzene rings is 2. The maximum atomic E-state index is 12.2. The third-order valence-electron chi connectivity index (χ3n) is 3.40. The average molecular weight is 326 g/mol. The highest BCUT2D eigenvalue weighted by molar-refractivity contribution is 7.98. The van der Waals surface area contributed by atoms with Crippen molar-refractivity contribution in [3.05, 3.63) is 58.0 Å². The van der Waals surface area contributed by atoms with Gasteiger partial charge in [0.1, 0.15) is 11.4 Å². The minimum Gasteiger partial charge on any atom is -0.507 e. The van der Waals surface area contributed by atoms with Crippen molar-refractivity contribution in [3.8, 4) is 5.75 Å². The molecule has 0 fully saturated rings. The topological polar surface area (TPSA) is 80.4 Å². The highest BCUT2D eigenvalue weighted by Crippen LogP contribution is 2.25. The van der Waals surface area contributed by atoms with Crippen LogP contribution in [-0.2, 0) is 0 Å². The first-order valence-electron chi connectivity index (χ1n) is 6.87. The van der Waals surface area contributed by atoms with Crippen molar-refractivity contribution >= 4 is 28.7 Å². The van der Waals surface area contributed by atoms with Crippen molar-refractivity contribution in [2.75, 3.05) is 6.26 Å². The van der Waals surface area contributed by atoms with E-state index in [9.17, 15) is 9.90 Å². The molecule has 0 atom stereocenters. The summed E-state index contributed by atoms with van der Waals surface area (Å²) >= 11 is 1.27. The largest absolute Gasteiger partial charge is 0.507 e. The van der Waals surface area contributed by atoms with E-state index in [0.29, 0.717) is 10.7 Å². The minimum atomic E-state index is -0.333. The molecule has 2 aromatic carbocycles. The number of thioether (sulfide) groups is 1. The van der Waals surface area contributed by atoms with E-state index < -0.39 is 0 Å². The van der Waals surface area contributed by atoms with E-state index in [1.165, 1.54) is 22.7 Å². The van der Waals surface area contributed by atoms with Gasteiger partial charge >= 0.3 is 0 Å². The normalized spacial score (nSPS) is 11.4. The zero-order chi connectivity index (χ0) is 16.4. The highest BCUT2D eigenvalue weighted by atomic mass is 32.2. The van der Waals surface area contributed by atoms with Crippen molar-refractivity contribution < 1.29 is 5.11 Å². The van der Waals surface area contributed by atoms with Gasteiger partial charge in [0.25, 0.3) is 5.56 Å². The summed E-state index contributed by atoms with van der Waals surface area (Å²) in [6, 6.07) is 11.1. The van der Waals surface area contributed by atoms with E-state index in [1.807, 2.05) is 30.3 Å². The van der Waals surface area contributed by atoms with Gasteiger partial charge in [-0.1, -0.05) is 42.1 Å². The van der Waals surface area contributed by atoms with Crippen molar-refractivity contribution in [3.63, 3.8) is 0 Å². The van der Waals surface area contributed by atoms with Gasteiger partial charge in [0.05, 0.1) is 6.21 Å². The lowest BCUT2D eigenvalue weighted by Crippen LogP contribution is -2.23. The van der Waals surface area contributed by atoms with E-state index in [2.05, 4.69) is 15.3 Å². The summed E-state index contributed by atoms with van der Waals surface area (Å²) in [5.41, 5.74) is 0.485. The Labute approximate surface area is 136 Å². The molecular weight excluding hydrogens is 312 g/mol. The monoisotopic (exact) mass is 326 g/mol. The Kier molecular flexibility index (Phi) is 4.12. The number of aromatic hydroxyl groups is 1. The van der Waals surface area contributed by atoms with Crippen LogP contribution in [-0.4, -0.2) is 32.5 Å². The number of aromatic nitrogens is 3. The first-order valence-corrected chi connectivity index (χ1v) is 8.09. The molecule has 0 saturated heterocycles. The number of aryl methyl sites for hydroxylation is 1. The quantitative estimate of drug-likeness (QED) is 0.590. The first kappa shape index (κ1) is 15.2. The molecule has 1 N–H and O–H groups in total. The van der Waals surface area contributed by atoms with Gasteiger partial charge in [-0.05, 0) is 30.0 Å². The smallest absolute Gasteiger partial charge is 0.296 e. The molecule has 0 unspecified atom stereocenters. The Hall–Kier alpha value is -2.67. The molecule has 0 aliphatic carbocycles. The molecule has 1 aromatic heterocycles. The zero-order valence-corrected chi connectivity index (χ0v) is 13.4. The summed E-state index contributed by atoms with van der Waals surface area (Å²) in [4.78, 5) is 12.2. The number of fused-ring (bicyclic) bond motifs is 1. The van der Waals surface area contributed by atoms with Crippen LogP contribution in [0.25, 0.3) is 10.8 Å². The number of hydrogen-bond donors (Lipinski definition) is 1. The molecule has 0 spiro atoms. The number of rotatable bonds is 3. The average Bonchev–Trinajstić information content (AvgIpc) is 2.57. The number of nitrogens with zero attached hydrogens (tertiary/aromatic N) is 4. The standard InChI is InChI=1S/C16H14N4O2S/c1-10-15(22)20(16(23-2)19-18-10)17-9-13-12-6-4-3-5-11(12)7-8-14(13)21/h3-9,21H,1-2H3/b17-9+. The summed E-state index contributed by atoms with van der Waals surface area (Å²) in [6.07, 6.45) is 3.26. The Morgan fingerprint density at radius 1 is 1.22 bits per heavy atom. The second kappa shape index (κ2) is 6.21. The van der Waals surface area contributed by atoms with Crippen molar-refractivity contribution in [1.82, 2.24) is 14.9 Å². The maximum absolute atomic E-state index is 12.2. The SMILES string of the molecule is CSc1nnc(C)c(=O)n1/N=C/c1c(O)ccc2ccccc12. The summed E-state index contributed by atoms with van der Waals surface area (Å²) in [7, 11) is 0. The van der Waals surface area contributed by atoms with Crippen LogP contribution in [0.5, 0.6) is 5.75 Å². The third-order valence-corrected chi connectivity index (χ3v) is 4.02. The predicted octanol–water partition coefficient (Wildman–Crippen LogP) is 2.41. The fraction of sp³-hybridized carbons (Fsp3) is 0.125. The first-order chi connectivity index (χ1) is 11.1. The second-order valence-electron chi connectivity index (χ2n) is 4.85. The lowest BCUT2D eigenvalue weighted by atomic mass is 10.0. The zero-order valence-electron chi connectivity index (χ0n) is 12.6. The van der Waals surface area contributed by atoms with Gasteiger partial charge in [-0.15, -0.1) is 10.2 Å². The summed E-state index contributed by atoms with van der Waals surface area (Å²) in [6.45, 7) is 1.58. The number of phenols is 1. The molecule has 0 aliphatic heterocycles. The van der Waals surface area contributed by atoms with E-state index in [1.54, 1.807) is 19.2 Å². The lowest BCUT2D eigenvalue weighted by Gasteiger charge is -2.06. The van der Waals surface area contributed by atoms with Crippen LogP contribution in [0.2, 0.25) is 0 Å². The molecule has 7 heteroatoms. The molecule has 0 saturated carbocycles. The summed E-state index contributed by atoms with van der Waals surface area (Å²) < 4.78 is 1.19. The molecule has 116 valence electrons. The molecule has 3 rings (SSSR count). The maximum Gasteiger partial charge on any atom is 0.296 e. The van der Waals surface area contributed by atoms with Gasteiger partial charge < -0.3 is 5.11 Å². The number of hydrogen-bond acceptors (Lipinski definition) is 6. The van der Waals surface area contributed by atoms with Crippen LogP contribution < -0.4 is 5.56 Å². The van der Waals surface area contributed by atoms with Gasteiger partial charge in [-0.2, -0.15) is 9.78 Å². The predicted molar refractivity (Wildman–Crippen MR) is 91.4 cm³/mol. The van der Waals surface area contributed by atoms with Crippen molar-refractivity contribution in [1.29, 1.82) is 0 Å². The molecule has 23 heavy (non-hydrogen) atoms. The van der Waals surface area contributed by atoms with Gasteiger partial charge in [0, 0.05) is 5.56 Å². The Bertz CT molecular complexity index is 966.